The minimum absolute atomic E-state index is 0.126. The SMILES string of the molecule is Cc1nc(NCCc2ccc(F)cc2)cc(C(=O)NC(C)c2ccccc2)n1. The van der Waals surface area contributed by atoms with E-state index in [9.17, 15) is 9.18 Å². The largest absolute Gasteiger partial charge is 0.370 e. The van der Waals surface area contributed by atoms with Crippen molar-refractivity contribution in [3.63, 3.8) is 0 Å². The summed E-state index contributed by atoms with van der Waals surface area (Å²) in [6.45, 7) is 4.30. The summed E-state index contributed by atoms with van der Waals surface area (Å²) < 4.78 is 13.0. The normalized spacial score (nSPS) is 11.7. The van der Waals surface area contributed by atoms with E-state index in [0.717, 1.165) is 17.5 Å². The number of nitrogens with one attached hydrogen (secondary N) is 2. The Morgan fingerprint density at radius 3 is 2.50 bits per heavy atom. The topological polar surface area (TPSA) is 66.9 Å². The first-order chi connectivity index (χ1) is 13.5. The van der Waals surface area contributed by atoms with Gasteiger partial charge in [0, 0.05) is 12.6 Å². The number of halogens is 1. The maximum atomic E-state index is 13.0. The van der Waals surface area contributed by atoms with Gasteiger partial charge in [0.15, 0.2) is 0 Å². The van der Waals surface area contributed by atoms with E-state index in [1.54, 1.807) is 25.1 Å². The molecule has 2 N–H and O–H groups in total. The summed E-state index contributed by atoms with van der Waals surface area (Å²) in [6, 6.07) is 17.7. The molecule has 2 aromatic carbocycles. The van der Waals surface area contributed by atoms with Crippen molar-refractivity contribution in [1.29, 1.82) is 0 Å². The van der Waals surface area contributed by atoms with E-state index < -0.39 is 0 Å². The number of amides is 1. The molecule has 6 heteroatoms. The zero-order valence-electron chi connectivity index (χ0n) is 15.9. The van der Waals surface area contributed by atoms with Gasteiger partial charge in [-0.05, 0) is 43.5 Å². The molecule has 0 spiro atoms. The summed E-state index contributed by atoms with van der Waals surface area (Å²) in [5, 5.41) is 6.17. The van der Waals surface area contributed by atoms with E-state index in [4.69, 9.17) is 0 Å². The Labute approximate surface area is 164 Å². The van der Waals surface area contributed by atoms with E-state index in [2.05, 4.69) is 20.6 Å². The molecule has 1 amide bonds. The van der Waals surface area contributed by atoms with Gasteiger partial charge in [0.25, 0.3) is 5.91 Å². The number of hydrogen-bond acceptors (Lipinski definition) is 4. The number of carbonyl (C=O) groups excluding carboxylic acids is 1. The van der Waals surface area contributed by atoms with Gasteiger partial charge in [-0.25, -0.2) is 14.4 Å². The molecular formula is C22H23FN4O. The number of hydrogen-bond donors (Lipinski definition) is 2. The van der Waals surface area contributed by atoms with Gasteiger partial charge in [-0.1, -0.05) is 42.5 Å². The smallest absolute Gasteiger partial charge is 0.270 e. The van der Waals surface area contributed by atoms with Crippen LogP contribution in [0.1, 0.15) is 40.4 Å². The molecule has 0 aliphatic carbocycles. The average molecular weight is 378 g/mol. The van der Waals surface area contributed by atoms with Crippen LogP contribution in [0, 0.1) is 12.7 Å². The lowest BCUT2D eigenvalue weighted by Gasteiger charge is -2.14. The molecule has 1 heterocycles. The third kappa shape index (κ3) is 5.36. The Balaban J connectivity index is 1.62. The Bertz CT molecular complexity index is 929. The van der Waals surface area contributed by atoms with E-state index in [0.29, 0.717) is 23.9 Å². The van der Waals surface area contributed by atoms with Crippen molar-refractivity contribution in [3.8, 4) is 0 Å². The molecule has 0 aliphatic heterocycles. The van der Waals surface area contributed by atoms with Crippen LogP contribution in [0.4, 0.5) is 10.2 Å². The highest BCUT2D eigenvalue weighted by molar-refractivity contribution is 5.93. The molecule has 144 valence electrons. The Hall–Kier alpha value is -3.28. The van der Waals surface area contributed by atoms with Crippen molar-refractivity contribution in [2.24, 2.45) is 0 Å². The Morgan fingerprint density at radius 2 is 1.79 bits per heavy atom. The number of anilines is 1. The summed E-state index contributed by atoms with van der Waals surface area (Å²) in [7, 11) is 0. The first-order valence-corrected chi connectivity index (χ1v) is 9.21. The predicted molar refractivity (Wildman–Crippen MR) is 108 cm³/mol. The molecule has 3 rings (SSSR count). The molecular weight excluding hydrogens is 355 g/mol. The van der Waals surface area contributed by atoms with Gasteiger partial charge in [0.05, 0.1) is 6.04 Å². The monoisotopic (exact) mass is 378 g/mol. The molecule has 0 bridgehead atoms. The fourth-order valence-electron chi connectivity index (χ4n) is 2.86. The number of benzene rings is 2. The van der Waals surface area contributed by atoms with Crippen LogP contribution >= 0.6 is 0 Å². The zero-order valence-corrected chi connectivity index (χ0v) is 15.9. The van der Waals surface area contributed by atoms with E-state index in [-0.39, 0.29) is 17.8 Å². The summed E-state index contributed by atoms with van der Waals surface area (Å²) in [4.78, 5) is 21.2. The van der Waals surface area contributed by atoms with Gasteiger partial charge in [-0.15, -0.1) is 0 Å². The fraction of sp³-hybridized carbons (Fsp3) is 0.227. The van der Waals surface area contributed by atoms with Gasteiger partial charge in [0.1, 0.15) is 23.2 Å². The first-order valence-electron chi connectivity index (χ1n) is 9.21. The van der Waals surface area contributed by atoms with Crippen LogP contribution in [0.3, 0.4) is 0 Å². The van der Waals surface area contributed by atoms with E-state index >= 15 is 0 Å². The maximum Gasteiger partial charge on any atom is 0.270 e. The second-order valence-electron chi connectivity index (χ2n) is 6.59. The van der Waals surface area contributed by atoms with E-state index in [1.807, 2.05) is 37.3 Å². The summed E-state index contributed by atoms with van der Waals surface area (Å²) in [5.74, 6) is 0.614. The van der Waals surface area contributed by atoms with Crippen molar-refractivity contribution < 1.29 is 9.18 Å². The van der Waals surface area contributed by atoms with Crippen LogP contribution < -0.4 is 10.6 Å². The van der Waals surface area contributed by atoms with Crippen LogP contribution in [0.5, 0.6) is 0 Å². The number of aryl methyl sites for hydroxylation is 1. The molecule has 1 unspecified atom stereocenters. The minimum atomic E-state index is -0.247. The second-order valence-corrected chi connectivity index (χ2v) is 6.59. The van der Waals surface area contributed by atoms with E-state index in [1.165, 1.54) is 12.1 Å². The van der Waals surface area contributed by atoms with Crippen LogP contribution in [-0.4, -0.2) is 22.4 Å². The Kier molecular flexibility index (Phi) is 6.32. The standard InChI is InChI=1S/C22H23FN4O/c1-15(18-6-4-3-5-7-18)25-22(28)20-14-21(27-16(2)26-20)24-13-12-17-8-10-19(23)11-9-17/h3-11,14-15H,12-13H2,1-2H3,(H,25,28)(H,24,26,27). The summed E-state index contributed by atoms with van der Waals surface area (Å²) in [6.07, 6.45) is 0.718. The van der Waals surface area contributed by atoms with Gasteiger partial charge >= 0.3 is 0 Å². The molecule has 0 aliphatic rings. The Morgan fingerprint density at radius 1 is 1.07 bits per heavy atom. The van der Waals surface area contributed by atoms with Crippen LogP contribution in [-0.2, 0) is 6.42 Å². The van der Waals surface area contributed by atoms with Crippen LogP contribution in [0.2, 0.25) is 0 Å². The predicted octanol–water partition coefficient (Wildman–Crippen LogP) is 4.07. The van der Waals surface area contributed by atoms with Gasteiger partial charge < -0.3 is 10.6 Å². The lowest BCUT2D eigenvalue weighted by Crippen LogP contribution is -2.28. The molecule has 0 saturated carbocycles. The molecule has 5 nitrogen and oxygen atoms in total. The molecule has 1 aromatic heterocycles. The van der Waals surface area contributed by atoms with Crippen LogP contribution in [0.15, 0.2) is 60.7 Å². The lowest BCUT2D eigenvalue weighted by molar-refractivity contribution is 0.0934. The highest BCUT2D eigenvalue weighted by Crippen LogP contribution is 2.13. The molecule has 3 aromatic rings. The molecule has 0 radical (unpaired) electrons. The third-order valence-electron chi connectivity index (χ3n) is 4.35. The molecule has 0 saturated heterocycles. The summed E-state index contributed by atoms with van der Waals surface area (Å²) >= 11 is 0. The summed E-state index contributed by atoms with van der Waals surface area (Å²) in [5.41, 5.74) is 2.37. The van der Waals surface area contributed by atoms with Crippen molar-refractivity contribution in [2.75, 3.05) is 11.9 Å². The maximum absolute atomic E-state index is 13.0. The van der Waals surface area contributed by atoms with Crippen molar-refractivity contribution in [1.82, 2.24) is 15.3 Å². The van der Waals surface area contributed by atoms with Gasteiger partial charge in [0.2, 0.25) is 0 Å². The quantitative estimate of drug-likeness (QED) is 0.650. The third-order valence-corrected chi connectivity index (χ3v) is 4.35. The fourth-order valence-corrected chi connectivity index (χ4v) is 2.86. The van der Waals surface area contributed by atoms with Crippen molar-refractivity contribution in [2.45, 2.75) is 26.3 Å². The van der Waals surface area contributed by atoms with Gasteiger partial charge in [-0.3, -0.25) is 4.79 Å². The highest BCUT2D eigenvalue weighted by Gasteiger charge is 2.14. The zero-order chi connectivity index (χ0) is 19.9. The second kappa shape index (κ2) is 9.08. The molecule has 0 fully saturated rings. The number of aromatic nitrogens is 2. The number of rotatable bonds is 7. The molecule has 28 heavy (non-hydrogen) atoms. The molecule has 1 atom stereocenters. The van der Waals surface area contributed by atoms with Gasteiger partial charge in [-0.2, -0.15) is 0 Å². The highest BCUT2D eigenvalue weighted by atomic mass is 19.1. The average Bonchev–Trinajstić information content (AvgIpc) is 2.69. The van der Waals surface area contributed by atoms with Crippen molar-refractivity contribution in [3.05, 3.63) is 89.1 Å². The minimum Gasteiger partial charge on any atom is -0.370 e. The first kappa shape index (κ1) is 19.5. The number of nitrogens with zero attached hydrogens (tertiary/aromatic N) is 2. The van der Waals surface area contributed by atoms with Crippen LogP contribution in [0.25, 0.3) is 0 Å². The number of carbonyl (C=O) groups is 1. The lowest BCUT2D eigenvalue weighted by atomic mass is 10.1. The van der Waals surface area contributed by atoms with Crippen molar-refractivity contribution >= 4 is 11.7 Å².